The van der Waals surface area contributed by atoms with E-state index in [4.69, 9.17) is 4.74 Å². The summed E-state index contributed by atoms with van der Waals surface area (Å²) in [5.41, 5.74) is 5.38. The molecule has 1 fully saturated rings. The number of hydrogen-bond acceptors (Lipinski definition) is 4. The number of nitrogens with one attached hydrogen (secondary N) is 2. The monoisotopic (exact) mass is 319 g/mol. The van der Waals surface area contributed by atoms with Crippen molar-refractivity contribution in [2.24, 2.45) is 5.92 Å². The van der Waals surface area contributed by atoms with Crippen molar-refractivity contribution in [3.63, 3.8) is 0 Å². The molecule has 0 aliphatic carbocycles. The van der Waals surface area contributed by atoms with Crippen molar-refractivity contribution in [2.45, 2.75) is 26.7 Å². The van der Waals surface area contributed by atoms with Crippen LogP contribution in [0.1, 0.15) is 37.0 Å². The van der Waals surface area contributed by atoms with Crippen LogP contribution in [0.15, 0.2) is 24.3 Å². The summed E-state index contributed by atoms with van der Waals surface area (Å²) in [6, 6.07) is 6.79. The van der Waals surface area contributed by atoms with E-state index in [-0.39, 0.29) is 11.8 Å². The SMILES string of the molecule is CCOc1ccc(C(=O)NNC(=O)CN2CCC(C)CC2)cc1. The van der Waals surface area contributed by atoms with Crippen molar-refractivity contribution < 1.29 is 14.3 Å². The molecular weight excluding hydrogens is 294 g/mol. The van der Waals surface area contributed by atoms with Crippen LogP contribution in [0.5, 0.6) is 5.75 Å². The summed E-state index contributed by atoms with van der Waals surface area (Å²) in [5, 5.41) is 0. The molecule has 6 heteroatoms. The van der Waals surface area contributed by atoms with Crippen molar-refractivity contribution in [3.05, 3.63) is 29.8 Å². The van der Waals surface area contributed by atoms with Gasteiger partial charge in [-0.2, -0.15) is 0 Å². The van der Waals surface area contributed by atoms with E-state index in [1.54, 1.807) is 24.3 Å². The summed E-state index contributed by atoms with van der Waals surface area (Å²) in [6.07, 6.45) is 2.23. The van der Waals surface area contributed by atoms with Gasteiger partial charge in [0.05, 0.1) is 13.2 Å². The average molecular weight is 319 g/mol. The minimum absolute atomic E-state index is 0.196. The Labute approximate surface area is 137 Å². The van der Waals surface area contributed by atoms with E-state index < -0.39 is 0 Å². The van der Waals surface area contributed by atoms with Crippen LogP contribution < -0.4 is 15.6 Å². The van der Waals surface area contributed by atoms with Crippen LogP contribution in [0.25, 0.3) is 0 Å². The van der Waals surface area contributed by atoms with E-state index in [1.807, 2.05) is 6.92 Å². The van der Waals surface area contributed by atoms with E-state index in [1.165, 1.54) is 0 Å². The summed E-state index contributed by atoms with van der Waals surface area (Å²) in [5.74, 6) is 0.911. The average Bonchev–Trinajstić information content (AvgIpc) is 2.56. The molecule has 1 heterocycles. The molecule has 2 N–H and O–H groups in total. The largest absolute Gasteiger partial charge is 0.494 e. The molecule has 0 bridgehead atoms. The van der Waals surface area contributed by atoms with Crippen molar-refractivity contribution >= 4 is 11.8 Å². The molecule has 1 aliphatic heterocycles. The second-order valence-electron chi connectivity index (χ2n) is 5.92. The topological polar surface area (TPSA) is 70.7 Å². The van der Waals surface area contributed by atoms with Gasteiger partial charge in [0.1, 0.15) is 5.75 Å². The zero-order valence-corrected chi connectivity index (χ0v) is 13.8. The number of carbonyl (C=O) groups excluding carboxylic acids is 2. The Bertz CT molecular complexity index is 522. The van der Waals surface area contributed by atoms with Crippen LogP contribution in [0.2, 0.25) is 0 Å². The molecule has 1 saturated heterocycles. The third kappa shape index (κ3) is 5.56. The molecule has 2 amide bonds. The molecule has 126 valence electrons. The van der Waals surface area contributed by atoms with Gasteiger partial charge in [-0.05, 0) is 63.0 Å². The number of piperidine rings is 1. The summed E-state index contributed by atoms with van der Waals surface area (Å²) < 4.78 is 5.32. The first-order valence-corrected chi connectivity index (χ1v) is 8.13. The van der Waals surface area contributed by atoms with E-state index in [2.05, 4.69) is 22.7 Å². The molecule has 0 saturated carbocycles. The van der Waals surface area contributed by atoms with Gasteiger partial charge in [0.25, 0.3) is 11.8 Å². The van der Waals surface area contributed by atoms with E-state index >= 15 is 0 Å². The standard InChI is InChI=1S/C17H25N3O3/c1-3-23-15-6-4-14(5-7-15)17(22)19-18-16(21)12-20-10-8-13(2)9-11-20/h4-7,13H,3,8-12H2,1-2H3,(H,18,21)(H,19,22). The minimum Gasteiger partial charge on any atom is -0.494 e. The summed E-state index contributed by atoms with van der Waals surface area (Å²) >= 11 is 0. The Morgan fingerprint density at radius 2 is 1.83 bits per heavy atom. The van der Waals surface area contributed by atoms with Gasteiger partial charge in [-0.3, -0.25) is 25.3 Å². The molecule has 2 rings (SSSR count). The van der Waals surface area contributed by atoms with Crippen molar-refractivity contribution in [1.29, 1.82) is 0 Å². The predicted molar refractivity (Wildman–Crippen MR) is 88.1 cm³/mol. The third-order valence-electron chi connectivity index (χ3n) is 3.99. The van der Waals surface area contributed by atoms with Gasteiger partial charge >= 0.3 is 0 Å². The maximum Gasteiger partial charge on any atom is 0.269 e. The highest BCUT2D eigenvalue weighted by Crippen LogP contribution is 2.15. The first kappa shape index (κ1) is 17.3. The maximum absolute atomic E-state index is 12.0. The van der Waals surface area contributed by atoms with Crippen LogP contribution in [-0.4, -0.2) is 43.0 Å². The molecule has 6 nitrogen and oxygen atoms in total. The first-order valence-electron chi connectivity index (χ1n) is 8.13. The number of hydrogen-bond donors (Lipinski definition) is 2. The summed E-state index contributed by atoms with van der Waals surface area (Å²) in [7, 11) is 0. The molecule has 0 atom stereocenters. The molecule has 1 aliphatic rings. The highest BCUT2D eigenvalue weighted by atomic mass is 16.5. The molecule has 0 unspecified atom stereocenters. The van der Waals surface area contributed by atoms with Gasteiger partial charge in [0, 0.05) is 5.56 Å². The Kier molecular flexibility index (Phi) is 6.40. The number of hydrazine groups is 1. The number of carbonyl (C=O) groups is 2. The lowest BCUT2D eigenvalue weighted by atomic mass is 9.99. The third-order valence-corrected chi connectivity index (χ3v) is 3.99. The summed E-state index contributed by atoms with van der Waals surface area (Å²) in [6.45, 7) is 6.89. The number of benzene rings is 1. The van der Waals surface area contributed by atoms with Gasteiger partial charge < -0.3 is 4.74 Å². The van der Waals surface area contributed by atoms with Gasteiger partial charge in [-0.15, -0.1) is 0 Å². The quantitative estimate of drug-likeness (QED) is 0.809. The van der Waals surface area contributed by atoms with E-state index in [0.29, 0.717) is 24.5 Å². The van der Waals surface area contributed by atoms with Crippen LogP contribution in [-0.2, 0) is 4.79 Å². The lowest BCUT2D eigenvalue weighted by molar-refractivity contribution is -0.123. The molecule has 0 radical (unpaired) electrons. The second-order valence-corrected chi connectivity index (χ2v) is 5.92. The molecule has 0 aromatic heterocycles. The maximum atomic E-state index is 12.0. The number of ether oxygens (including phenoxy) is 1. The fourth-order valence-electron chi connectivity index (χ4n) is 2.53. The number of likely N-dealkylation sites (tertiary alicyclic amines) is 1. The zero-order valence-electron chi connectivity index (χ0n) is 13.8. The first-order chi connectivity index (χ1) is 11.1. The molecule has 0 spiro atoms. The van der Waals surface area contributed by atoms with Crippen LogP contribution >= 0.6 is 0 Å². The van der Waals surface area contributed by atoms with Crippen LogP contribution in [0, 0.1) is 5.92 Å². The minimum atomic E-state index is -0.339. The lowest BCUT2D eigenvalue weighted by Gasteiger charge is -2.29. The molecule has 1 aromatic carbocycles. The predicted octanol–water partition coefficient (Wildman–Crippen LogP) is 1.58. The number of amides is 2. The zero-order chi connectivity index (χ0) is 16.7. The van der Waals surface area contributed by atoms with Gasteiger partial charge in [0.2, 0.25) is 0 Å². The molecule has 1 aromatic rings. The van der Waals surface area contributed by atoms with Gasteiger partial charge in [-0.25, -0.2) is 0 Å². The number of rotatable bonds is 5. The Balaban J connectivity index is 1.73. The van der Waals surface area contributed by atoms with E-state index in [0.717, 1.165) is 31.8 Å². The highest BCUT2D eigenvalue weighted by molar-refractivity contribution is 5.95. The molecular formula is C17H25N3O3. The highest BCUT2D eigenvalue weighted by Gasteiger charge is 2.18. The number of nitrogens with zero attached hydrogens (tertiary/aromatic N) is 1. The van der Waals surface area contributed by atoms with Crippen molar-refractivity contribution in [3.8, 4) is 5.75 Å². The Morgan fingerprint density at radius 3 is 2.43 bits per heavy atom. The fourth-order valence-corrected chi connectivity index (χ4v) is 2.53. The van der Waals surface area contributed by atoms with Gasteiger partial charge in [-0.1, -0.05) is 6.92 Å². The molecule has 23 heavy (non-hydrogen) atoms. The van der Waals surface area contributed by atoms with E-state index in [9.17, 15) is 9.59 Å². The normalized spacial score (nSPS) is 15.9. The summed E-state index contributed by atoms with van der Waals surface area (Å²) in [4.78, 5) is 26.0. The van der Waals surface area contributed by atoms with Crippen molar-refractivity contribution in [2.75, 3.05) is 26.2 Å². The fraction of sp³-hybridized carbons (Fsp3) is 0.529. The van der Waals surface area contributed by atoms with Crippen LogP contribution in [0.3, 0.4) is 0 Å². The Hall–Kier alpha value is -2.08. The lowest BCUT2D eigenvalue weighted by Crippen LogP contribution is -2.47. The van der Waals surface area contributed by atoms with Gasteiger partial charge in [0.15, 0.2) is 0 Å². The smallest absolute Gasteiger partial charge is 0.269 e. The Morgan fingerprint density at radius 1 is 1.17 bits per heavy atom. The second kappa shape index (κ2) is 8.53. The van der Waals surface area contributed by atoms with Crippen LogP contribution in [0.4, 0.5) is 0 Å². The van der Waals surface area contributed by atoms with Crippen molar-refractivity contribution in [1.82, 2.24) is 15.8 Å².